The van der Waals surface area contributed by atoms with E-state index in [0.717, 1.165) is 47.0 Å². The molecule has 3 aromatic rings. The minimum absolute atomic E-state index is 0.0576. The van der Waals surface area contributed by atoms with Crippen LogP contribution in [0.1, 0.15) is 29.7 Å². The molecular formula is C25H28N2O3S. The fraction of sp³-hybridized carbons (Fsp3) is 0.360. The lowest BCUT2D eigenvalue weighted by Crippen LogP contribution is -2.38. The highest BCUT2D eigenvalue weighted by Crippen LogP contribution is 2.25. The van der Waals surface area contributed by atoms with Crippen LogP contribution in [0.5, 0.6) is 5.75 Å². The molecule has 162 valence electrons. The Morgan fingerprint density at radius 3 is 2.77 bits per heavy atom. The Hall–Kier alpha value is -2.70. The summed E-state index contributed by atoms with van der Waals surface area (Å²) in [5.74, 6) is 0.852. The van der Waals surface area contributed by atoms with Gasteiger partial charge in [0.1, 0.15) is 10.8 Å². The van der Waals surface area contributed by atoms with Crippen molar-refractivity contribution < 1.29 is 14.3 Å². The third-order valence-corrected chi connectivity index (χ3v) is 6.48. The van der Waals surface area contributed by atoms with Gasteiger partial charge in [0.25, 0.3) is 0 Å². The van der Waals surface area contributed by atoms with Gasteiger partial charge in [-0.25, -0.2) is 4.98 Å². The van der Waals surface area contributed by atoms with Crippen molar-refractivity contribution in [1.29, 1.82) is 0 Å². The third kappa shape index (κ3) is 5.51. The molecule has 1 fully saturated rings. The van der Waals surface area contributed by atoms with Gasteiger partial charge in [0.15, 0.2) is 0 Å². The van der Waals surface area contributed by atoms with Crippen molar-refractivity contribution in [2.24, 2.45) is 0 Å². The van der Waals surface area contributed by atoms with E-state index >= 15 is 0 Å². The van der Waals surface area contributed by atoms with Gasteiger partial charge in [-0.3, -0.25) is 4.79 Å². The van der Waals surface area contributed by atoms with Gasteiger partial charge in [-0.15, -0.1) is 11.3 Å². The molecule has 5 nitrogen and oxygen atoms in total. The summed E-state index contributed by atoms with van der Waals surface area (Å²) in [5, 5.41) is 2.93. The number of thiazole rings is 1. The van der Waals surface area contributed by atoms with Crippen LogP contribution in [-0.2, 0) is 22.5 Å². The SMILES string of the molecule is COc1ccccc1CN(CC1CCCO1)C(=O)Cc1csc(-c2ccc(C)cc2)n1. The van der Waals surface area contributed by atoms with E-state index < -0.39 is 0 Å². The van der Waals surface area contributed by atoms with Crippen LogP contribution in [0.2, 0.25) is 0 Å². The largest absolute Gasteiger partial charge is 0.496 e. The minimum atomic E-state index is 0.0576. The van der Waals surface area contributed by atoms with E-state index in [2.05, 4.69) is 31.2 Å². The Morgan fingerprint density at radius 1 is 1.23 bits per heavy atom. The standard InChI is InChI=1S/C25H28N2O3S/c1-18-9-11-19(12-10-18)25-26-21(17-31-25)14-24(28)27(16-22-7-5-13-30-22)15-20-6-3-4-8-23(20)29-2/h3-4,6,8-12,17,22H,5,7,13-16H2,1-2H3. The number of rotatable bonds is 8. The third-order valence-electron chi connectivity index (χ3n) is 5.54. The first-order valence-corrected chi connectivity index (χ1v) is 11.5. The number of hydrogen-bond donors (Lipinski definition) is 0. The molecule has 0 spiro atoms. The fourth-order valence-electron chi connectivity index (χ4n) is 3.81. The number of hydrogen-bond acceptors (Lipinski definition) is 5. The zero-order valence-corrected chi connectivity index (χ0v) is 18.9. The number of para-hydroxylation sites is 1. The average molecular weight is 437 g/mol. The van der Waals surface area contributed by atoms with Crippen molar-refractivity contribution in [2.75, 3.05) is 20.3 Å². The smallest absolute Gasteiger partial charge is 0.229 e. The van der Waals surface area contributed by atoms with Crippen LogP contribution in [-0.4, -0.2) is 42.2 Å². The maximum absolute atomic E-state index is 13.3. The maximum Gasteiger partial charge on any atom is 0.229 e. The molecular weight excluding hydrogens is 408 g/mol. The summed E-state index contributed by atoms with van der Waals surface area (Å²) >= 11 is 1.58. The number of carbonyl (C=O) groups excluding carboxylic acids is 1. The van der Waals surface area contributed by atoms with E-state index in [-0.39, 0.29) is 18.4 Å². The predicted molar refractivity (Wildman–Crippen MR) is 123 cm³/mol. The molecule has 1 aliphatic heterocycles. The summed E-state index contributed by atoms with van der Waals surface area (Å²) in [6, 6.07) is 16.2. The number of methoxy groups -OCH3 is 1. The van der Waals surface area contributed by atoms with Gasteiger partial charge in [-0.05, 0) is 25.8 Å². The highest BCUT2D eigenvalue weighted by molar-refractivity contribution is 7.13. The van der Waals surface area contributed by atoms with Crippen LogP contribution in [0.25, 0.3) is 10.6 Å². The first-order valence-electron chi connectivity index (χ1n) is 10.6. The lowest BCUT2D eigenvalue weighted by atomic mass is 10.1. The topological polar surface area (TPSA) is 51.7 Å². The second-order valence-corrected chi connectivity index (χ2v) is 8.77. The zero-order valence-electron chi connectivity index (χ0n) is 18.0. The minimum Gasteiger partial charge on any atom is -0.496 e. The Kier molecular flexibility index (Phi) is 6.99. The normalized spacial score (nSPS) is 15.7. The number of ether oxygens (including phenoxy) is 2. The van der Waals surface area contributed by atoms with Crippen LogP contribution in [0.15, 0.2) is 53.9 Å². The summed E-state index contributed by atoms with van der Waals surface area (Å²) in [4.78, 5) is 19.9. The molecule has 1 amide bonds. The van der Waals surface area contributed by atoms with E-state index in [1.807, 2.05) is 34.5 Å². The second-order valence-electron chi connectivity index (χ2n) is 7.91. The Balaban J connectivity index is 1.49. The lowest BCUT2D eigenvalue weighted by Gasteiger charge is -2.26. The Bertz CT molecular complexity index is 1010. The molecule has 0 aliphatic carbocycles. The van der Waals surface area contributed by atoms with Gasteiger partial charge in [-0.1, -0.05) is 48.0 Å². The van der Waals surface area contributed by atoms with Crippen LogP contribution in [0.3, 0.4) is 0 Å². The van der Waals surface area contributed by atoms with Gasteiger partial charge < -0.3 is 14.4 Å². The molecule has 1 atom stereocenters. The maximum atomic E-state index is 13.3. The van der Waals surface area contributed by atoms with Crippen LogP contribution >= 0.6 is 11.3 Å². The summed E-state index contributed by atoms with van der Waals surface area (Å²) in [5.41, 5.74) is 4.11. The average Bonchev–Trinajstić information content (AvgIpc) is 3.46. The number of carbonyl (C=O) groups is 1. The van der Waals surface area contributed by atoms with Gasteiger partial charge in [0.05, 0.1) is 25.3 Å². The molecule has 1 unspecified atom stereocenters. The molecule has 6 heteroatoms. The summed E-state index contributed by atoms with van der Waals surface area (Å²) < 4.78 is 11.3. The summed E-state index contributed by atoms with van der Waals surface area (Å²) in [6.07, 6.45) is 2.42. The monoisotopic (exact) mass is 436 g/mol. The van der Waals surface area contributed by atoms with Crippen molar-refractivity contribution in [2.45, 2.75) is 38.8 Å². The molecule has 0 N–H and O–H groups in total. The highest BCUT2D eigenvalue weighted by Gasteiger charge is 2.24. The number of benzene rings is 2. The molecule has 4 rings (SSSR count). The molecule has 0 saturated carbocycles. The van der Waals surface area contributed by atoms with Crippen molar-refractivity contribution in [3.05, 3.63) is 70.7 Å². The van der Waals surface area contributed by atoms with E-state index in [1.54, 1.807) is 18.4 Å². The molecule has 2 aromatic carbocycles. The number of aromatic nitrogens is 1. The second kappa shape index (κ2) is 10.1. The molecule has 1 aromatic heterocycles. The molecule has 2 heterocycles. The van der Waals surface area contributed by atoms with Gasteiger partial charge in [-0.2, -0.15) is 0 Å². The number of amides is 1. The van der Waals surface area contributed by atoms with Crippen LogP contribution in [0.4, 0.5) is 0 Å². The van der Waals surface area contributed by atoms with E-state index in [9.17, 15) is 4.79 Å². The van der Waals surface area contributed by atoms with Crippen molar-refractivity contribution in [3.63, 3.8) is 0 Å². The van der Waals surface area contributed by atoms with Gasteiger partial charge in [0, 0.05) is 36.2 Å². The molecule has 0 bridgehead atoms. The molecule has 1 saturated heterocycles. The zero-order chi connectivity index (χ0) is 21.6. The molecule has 0 radical (unpaired) electrons. The molecule has 1 aliphatic rings. The van der Waals surface area contributed by atoms with E-state index in [4.69, 9.17) is 14.5 Å². The quantitative estimate of drug-likeness (QED) is 0.505. The van der Waals surface area contributed by atoms with Gasteiger partial charge in [0.2, 0.25) is 5.91 Å². The Morgan fingerprint density at radius 2 is 2.03 bits per heavy atom. The lowest BCUT2D eigenvalue weighted by molar-refractivity contribution is -0.132. The van der Waals surface area contributed by atoms with E-state index in [1.165, 1.54) is 5.56 Å². The van der Waals surface area contributed by atoms with Crippen molar-refractivity contribution >= 4 is 17.2 Å². The summed E-state index contributed by atoms with van der Waals surface area (Å²) in [6.45, 7) is 3.93. The number of aryl methyl sites for hydroxylation is 1. The number of nitrogens with zero attached hydrogens (tertiary/aromatic N) is 2. The summed E-state index contributed by atoms with van der Waals surface area (Å²) in [7, 11) is 1.66. The van der Waals surface area contributed by atoms with Crippen molar-refractivity contribution in [1.82, 2.24) is 9.88 Å². The predicted octanol–water partition coefficient (Wildman–Crippen LogP) is 4.88. The first kappa shape index (κ1) is 21.5. The van der Waals surface area contributed by atoms with Gasteiger partial charge >= 0.3 is 0 Å². The Labute approximate surface area is 187 Å². The molecule has 31 heavy (non-hydrogen) atoms. The van der Waals surface area contributed by atoms with Crippen molar-refractivity contribution in [3.8, 4) is 16.3 Å². The first-order chi connectivity index (χ1) is 15.1. The fourth-order valence-corrected chi connectivity index (χ4v) is 4.64. The highest BCUT2D eigenvalue weighted by atomic mass is 32.1. The van der Waals surface area contributed by atoms with Crippen LogP contribution < -0.4 is 4.74 Å². The van der Waals surface area contributed by atoms with Crippen LogP contribution in [0, 0.1) is 6.92 Å². The van der Waals surface area contributed by atoms with E-state index in [0.29, 0.717) is 13.1 Å².